The molecule has 0 aliphatic carbocycles. The molecule has 2 amide bonds. The van der Waals surface area contributed by atoms with Gasteiger partial charge < -0.3 is 24.8 Å². The number of carbonyl (C=O) groups excluding carboxylic acids is 3. The number of hydrogen-bond acceptors (Lipinski definition) is 7. The number of carbonyl (C=O) groups is 3. The van der Waals surface area contributed by atoms with Crippen LogP contribution in [0.4, 0.5) is 21.0 Å². The highest BCUT2D eigenvalue weighted by Gasteiger charge is 2.11. The number of esters is 1. The molecule has 0 heterocycles. The van der Waals surface area contributed by atoms with Crippen LogP contribution < -0.4 is 16.0 Å². The number of rotatable bonds is 8. The molecule has 2 aromatic rings. The molecular weight excluding hydrogens is 390 g/mol. The van der Waals surface area contributed by atoms with E-state index in [1.54, 1.807) is 18.2 Å². The Morgan fingerprint density at radius 3 is 2.07 bits per heavy atom. The lowest BCUT2D eigenvalue weighted by atomic mass is 10.1. The van der Waals surface area contributed by atoms with Crippen LogP contribution in [0.1, 0.15) is 23.6 Å². The molecule has 0 fully saturated rings. The third-order valence-corrected chi connectivity index (χ3v) is 4.02. The molecule has 3 N–H and O–H groups in total. The van der Waals surface area contributed by atoms with Gasteiger partial charge >= 0.3 is 18.2 Å². The number of alkyl carbamates (subject to hydrolysis) is 1. The predicted molar refractivity (Wildman–Crippen MR) is 111 cm³/mol. The maximum atomic E-state index is 12.2. The zero-order chi connectivity index (χ0) is 21.9. The predicted octanol–water partition coefficient (Wildman–Crippen LogP) is 3.40. The molecule has 0 aromatic heterocycles. The Morgan fingerprint density at radius 2 is 1.43 bits per heavy atom. The minimum atomic E-state index is -0.647. The van der Waals surface area contributed by atoms with Crippen molar-refractivity contribution < 1.29 is 28.6 Å². The third-order valence-electron chi connectivity index (χ3n) is 4.02. The maximum absolute atomic E-state index is 12.2. The second-order valence-electron chi connectivity index (χ2n) is 6.25. The molecule has 9 heteroatoms. The summed E-state index contributed by atoms with van der Waals surface area (Å²) in [6.45, 7) is 1.37. The molecule has 0 aliphatic heterocycles. The number of anilines is 2. The van der Waals surface area contributed by atoms with Crippen molar-refractivity contribution in [2.75, 3.05) is 24.7 Å². The van der Waals surface area contributed by atoms with Gasteiger partial charge in [-0.25, -0.2) is 9.59 Å². The van der Waals surface area contributed by atoms with Gasteiger partial charge in [-0.15, -0.1) is 0 Å². The van der Waals surface area contributed by atoms with Crippen molar-refractivity contribution in [3.63, 3.8) is 0 Å². The van der Waals surface area contributed by atoms with Crippen LogP contribution in [0.5, 0.6) is 0 Å². The monoisotopic (exact) mass is 415 g/mol. The molecule has 0 unspecified atom stereocenters. The van der Waals surface area contributed by atoms with Crippen LogP contribution in [-0.4, -0.2) is 32.3 Å². The van der Waals surface area contributed by atoms with Crippen LogP contribution in [0.3, 0.4) is 0 Å². The molecule has 30 heavy (non-hydrogen) atoms. The van der Waals surface area contributed by atoms with E-state index in [-0.39, 0.29) is 19.8 Å². The molecular formula is C21H25N3O6. The van der Waals surface area contributed by atoms with E-state index in [0.717, 1.165) is 11.3 Å². The molecule has 160 valence electrons. The van der Waals surface area contributed by atoms with Crippen molar-refractivity contribution in [3.8, 4) is 0 Å². The average Bonchev–Trinajstić information content (AvgIpc) is 2.75. The maximum Gasteiger partial charge on any atom is 0.411 e. The van der Waals surface area contributed by atoms with Gasteiger partial charge in [0.15, 0.2) is 0 Å². The smallest absolute Gasteiger partial charge is 0.411 e. The third kappa shape index (κ3) is 7.34. The summed E-state index contributed by atoms with van der Waals surface area (Å²) in [4.78, 5) is 34.6. The lowest BCUT2D eigenvalue weighted by Crippen LogP contribution is -2.19. The van der Waals surface area contributed by atoms with E-state index in [2.05, 4.69) is 16.0 Å². The van der Waals surface area contributed by atoms with Gasteiger partial charge in [-0.3, -0.25) is 10.1 Å². The van der Waals surface area contributed by atoms with Gasteiger partial charge in [-0.2, -0.15) is 0 Å². The number of benzene rings is 2. The van der Waals surface area contributed by atoms with Gasteiger partial charge in [0.05, 0.1) is 5.69 Å². The summed E-state index contributed by atoms with van der Waals surface area (Å²) in [5.74, 6) is -0.458. The molecule has 9 nitrogen and oxygen atoms in total. The van der Waals surface area contributed by atoms with E-state index in [0.29, 0.717) is 16.8 Å². The Labute approximate surface area is 174 Å². The normalized spacial score (nSPS) is 9.97. The minimum absolute atomic E-state index is 0.0279. The van der Waals surface area contributed by atoms with Gasteiger partial charge in [0.1, 0.15) is 19.8 Å². The summed E-state index contributed by atoms with van der Waals surface area (Å²) >= 11 is 0. The Balaban J connectivity index is 2.02. The fourth-order valence-electron chi connectivity index (χ4n) is 2.44. The molecule has 2 rings (SSSR count). The molecule has 0 aliphatic rings. The Hall–Kier alpha value is -3.75. The summed E-state index contributed by atoms with van der Waals surface area (Å²) in [5.41, 5.74) is 3.43. The zero-order valence-corrected chi connectivity index (χ0v) is 17.1. The lowest BCUT2D eigenvalue weighted by Gasteiger charge is -2.14. The fourth-order valence-corrected chi connectivity index (χ4v) is 2.44. The van der Waals surface area contributed by atoms with Crippen LogP contribution in [0.15, 0.2) is 42.5 Å². The van der Waals surface area contributed by atoms with Crippen molar-refractivity contribution in [2.24, 2.45) is 0 Å². The zero-order valence-electron chi connectivity index (χ0n) is 17.1. The highest BCUT2D eigenvalue weighted by Crippen LogP contribution is 2.20. The Kier molecular flexibility index (Phi) is 8.49. The Morgan fingerprint density at radius 1 is 0.800 bits per heavy atom. The van der Waals surface area contributed by atoms with E-state index in [1.165, 1.54) is 14.0 Å². The largest absolute Gasteiger partial charge is 0.461 e. The van der Waals surface area contributed by atoms with Gasteiger partial charge in [0.25, 0.3) is 0 Å². The highest BCUT2D eigenvalue weighted by molar-refractivity contribution is 5.85. The second kappa shape index (κ2) is 11.3. The summed E-state index contributed by atoms with van der Waals surface area (Å²) < 4.78 is 15.3. The first-order valence-corrected chi connectivity index (χ1v) is 9.21. The summed E-state index contributed by atoms with van der Waals surface area (Å²) in [6.07, 6.45) is -1.21. The molecule has 0 atom stereocenters. The molecule has 0 bridgehead atoms. The van der Waals surface area contributed by atoms with E-state index in [9.17, 15) is 14.4 Å². The summed E-state index contributed by atoms with van der Waals surface area (Å²) in [5, 5.41) is 8.01. The van der Waals surface area contributed by atoms with Gasteiger partial charge in [-0.05, 0) is 35.4 Å². The number of hydrogen-bond donors (Lipinski definition) is 3. The van der Waals surface area contributed by atoms with Crippen molar-refractivity contribution >= 4 is 29.5 Å². The molecule has 0 saturated heterocycles. The van der Waals surface area contributed by atoms with E-state index in [1.807, 2.05) is 31.3 Å². The first-order valence-electron chi connectivity index (χ1n) is 9.21. The lowest BCUT2D eigenvalue weighted by molar-refractivity contribution is -0.142. The number of ether oxygens (including phenoxy) is 3. The van der Waals surface area contributed by atoms with Gasteiger partial charge in [0, 0.05) is 32.3 Å². The first-order chi connectivity index (χ1) is 14.4. The first kappa shape index (κ1) is 22.5. The van der Waals surface area contributed by atoms with Crippen molar-refractivity contribution in [1.29, 1.82) is 0 Å². The van der Waals surface area contributed by atoms with Crippen LogP contribution in [0.25, 0.3) is 0 Å². The minimum Gasteiger partial charge on any atom is -0.461 e. The summed E-state index contributed by atoms with van der Waals surface area (Å²) in [7, 11) is 3.28. The molecule has 2 aromatic carbocycles. The summed E-state index contributed by atoms with van der Waals surface area (Å²) in [6, 6.07) is 12.5. The number of nitrogens with one attached hydrogen (secondary N) is 3. The van der Waals surface area contributed by atoms with Crippen LogP contribution in [0.2, 0.25) is 0 Å². The Bertz CT molecular complexity index is 883. The number of amides is 2. The van der Waals surface area contributed by atoms with E-state index in [4.69, 9.17) is 14.2 Å². The van der Waals surface area contributed by atoms with Gasteiger partial charge in [-0.1, -0.05) is 18.2 Å². The van der Waals surface area contributed by atoms with Gasteiger partial charge in [0.2, 0.25) is 0 Å². The second-order valence-corrected chi connectivity index (χ2v) is 6.25. The molecule has 0 spiro atoms. The van der Waals surface area contributed by atoms with E-state index < -0.39 is 18.2 Å². The van der Waals surface area contributed by atoms with Crippen molar-refractivity contribution in [3.05, 3.63) is 59.2 Å². The van der Waals surface area contributed by atoms with Crippen LogP contribution in [-0.2, 0) is 38.8 Å². The topological polar surface area (TPSA) is 115 Å². The SMILES string of the molecule is CNC(=O)OCc1ccc(NC(=O)OCc2ccc(NC)cc2)c(COC(C)=O)c1. The van der Waals surface area contributed by atoms with Crippen molar-refractivity contribution in [2.45, 2.75) is 26.7 Å². The molecule has 0 radical (unpaired) electrons. The standard InChI is InChI=1S/C21H25N3O6/c1-14(25)28-13-17-10-16(12-29-20(26)23-3)6-9-19(17)24-21(27)30-11-15-4-7-18(22-2)8-5-15/h4-10,22H,11-13H2,1-3H3,(H,23,26)(H,24,27). The van der Waals surface area contributed by atoms with Crippen molar-refractivity contribution in [1.82, 2.24) is 5.32 Å². The van der Waals surface area contributed by atoms with Crippen LogP contribution >= 0.6 is 0 Å². The molecule has 0 saturated carbocycles. The highest BCUT2D eigenvalue weighted by atomic mass is 16.6. The fraction of sp³-hybridized carbons (Fsp3) is 0.286. The van der Waals surface area contributed by atoms with Crippen LogP contribution in [0, 0.1) is 0 Å². The average molecular weight is 415 g/mol. The quantitative estimate of drug-likeness (QED) is 0.447. The van der Waals surface area contributed by atoms with E-state index >= 15 is 0 Å².